The van der Waals surface area contributed by atoms with Crippen LogP contribution in [0.1, 0.15) is 136 Å². The van der Waals surface area contributed by atoms with Crippen molar-refractivity contribution in [2.75, 3.05) is 29.6 Å². The Morgan fingerprint density at radius 1 is 0.699 bits per heavy atom. The summed E-state index contributed by atoms with van der Waals surface area (Å²) in [6.45, 7) is 8.77. The Balaban J connectivity index is 0.000000324. The number of nitrogens with two attached hydrogens (primary N) is 2. The van der Waals surface area contributed by atoms with Gasteiger partial charge in [-0.15, -0.1) is 0 Å². The molecule has 93 heavy (non-hydrogen) atoms. The molecular weight excluding hydrogens is 1470 g/mol. The number of anilines is 2. The first-order valence-electron chi connectivity index (χ1n) is 28.5. The van der Waals surface area contributed by atoms with Gasteiger partial charge in [-0.2, -0.15) is 41.6 Å². The van der Waals surface area contributed by atoms with Gasteiger partial charge in [-0.3, -0.25) is 9.59 Å². The number of thiocyanates is 1. The number of alkyl halides is 11. The minimum absolute atomic E-state index is 0.0414. The van der Waals surface area contributed by atoms with Gasteiger partial charge in [0.15, 0.2) is 24.7 Å². The molecular formula is C58H69Cl4F10IN11O8S-. The second-order valence-electron chi connectivity index (χ2n) is 22.7. The van der Waals surface area contributed by atoms with E-state index >= 15 is 0 Å². The van der Waals surface area contributed by atoms with Gasteiger partial charge < -0.3 is 56.7 Å². The van der Waals surface area contributed by atoms with Crippen molar-refractivity contribution < 1.29 is 104 Å². The summed E-state index contributed by atoms with van der Waals surface area (Å²) in [5, 5.41) is 22.5. The van der Waals surface area contributed by atoms with E-state index in [4.69, 9.17) is 82.7 Å². The Kier molecular flexibility index (Phi) is 29.7. The summed E-state index contributed by atoms with van der Waals surface area (Å²) in [5.41, 5.74) is 11.5. The molecule has 2 aromatic carbocycles. The molecule has 9 N–H and O–H groups in total. The van der Waals surface area contributed by atoms with E-state index in [0.717, 1.165) is 17.8 Å². The van der Waals surface area contributed by atoms with E-state index in [1.165, 1.54) is 6.07 Å². The number of carbonyl (C=O) groups excluding carboxylic acids is 4. The number of nitrogens with one attached hydrogen (secondary N) is 5. The van der Waals surface area contributed by atoms with Crippen molar-refractivity contribution >= 4 is 105 Å². The summed E-state index contributed by atoms with van der Waals surface area (Å²) in [4.78, 5) is 66.9. The number of fused-ring (bicyclic) bond motifs is 1. The van der Waals surface area contributed by atoms with Crippen molar-refractivity contribution in [3.8, 4) is 17.2 Å². The van der Waals surface area contributed by atoms with Gasteiger partial charge in [-0.1, -0.05) is 58.5 Å². The van der Waals surface area contributed by atoms with E-state index in [1.54, 1.807) is 65.8 Å². The SMILES string of the molecule is CC(C)(C)OC(=O)NCc1ccc(Cl)c(Cc2nc3nc(OCC(F)F)c(C(=O)NC4CCC(C(F)(F)F)CC4)cc3[nH]2)c1Cl.CC(C)(C)OC(=O)NCc1ccc(Cl)c(SC#N)c1Cl.Nc1cc(C(=O)NC2CCC(C(F)(F)F)CC2)c(OCC(F)F)nc1N.[2H][I-]C. The Bertz CT molecular complexity index is 3420. The van der Waals surface area contributed by atoms with Crippen molar-refractivity contribution in [2.45, 2.75) is 166 Å². The molecule has 19 nitrogen and oxygen atoms in total. The zero-order valence-electron chi connectivity index (χ0n) is 51.9. The van der Waals surface area contributed by atoms with Crippen LogP contribution in [0.4, 0.5) is 65.0 Å². The van der Waals surface area contributed by atoms with Crippen LogP contribution in [0, 0.1) is 22.5 Å². The number of nitriles is 1. The van der Waals surface area contributed by atoms with Gasteiger partial charge in [-0.05, 0) is 146 Å². The van der Waals surface area contributed by atoms with Gasteiger partial charge in [0.05, 0.1) is 43.0 Å². The molecule has 5 aromatic rings. The third-order valence-corrected chi connectivity index (χ3v) is 15.8. The Morgan fingerprint density at radius 2 is 1.13 bits per heavy atom. The summed E-state index contributed by atoms with van der Waals surface area (Å²) in [6.07, 6.45) is -15.2. The first kappa shape index (κ1) is 77.6. The molecule has 0 unspecified atom stereocenters. The van der Waals surface area contributed by atoms with Gasteiger partial charge in [0, 0.05) is 36.6 Å². The number of halogens is 15. The minimum atomic E-state index is -4.30. The number of amides is 4. The maximum atomic E-state index is 13.2. The quantitative estimate of drug-likeness (QED) is 0.0150. The Morgan fingerprint density at radius 3 is 1.56 bits per heavy atom. The zero-order valence-corrected chi connectivity index (χ0v) is 56.9. The van der Waals surface area contributed by atoms with Gasteiger partial charge in [0.2, 0.25) is 11.8 Å². The number of rotatable bonds is 17. The third kappa shape index (κ3) is 25.9. The summed E-state index contributed by atoms with van der Waals surface area (Å²) >= 11 is 25.9. The van der Waals surface area contributed by atoms with Crippen LogP contribution < -0.4 is 64.6 Å². The molecule has 2 aliphatic carbocycles. The Labute approximate surface area is 567 Å². The molecule has 3 heterocycles. The standard InChI is InChI=1S/C29H32Cl2F5N5O4.C15H19F5N4O2.C13H14Cl2N2O2S.CH4I/c1-28(2,3)45-27(43)37-12-14-4-9-19(30)17(23(14)31)11-22-39-20-10-18(26(41-24(20)40-22)44-13-21(32)33)25(42)38-16-7-5-15(6-8-16)29(34,35)36;16-11(17)6-26-14-9(5-10(21)12(22)24-14)13(25)23-8-3-1-7(2-4-8)15(18,19)20;1-13(2,3)19-12(18)17-6-8-4-5-9(14)11(10(8)15)20-7-16;1-2/h4,9-10,15-16,21H,5-8,11-13H2,1-3H3,(H,37,43)(H,38,42)(H,39,40,41);5,7-8,11H,1-4,6,21H2,(H2,22,24)(H,23,25);4-5H,6H2,1-3H3,(H,17,18);2H,1H3/q;;;-1/i;;;2D. The molecule has 2 fully saturated rings. The molecule has 2 saturated carbocycles. The summed E-state index contributed by atoms with van der Waals surface area (Å²) in [6, 6.07) is 8.06. The first-order chi connectivity index (χ1) is 43.7. The number of aromatic amines is 1. The number of nitrogen functional groups attached to an aromatic ring is 2. The third-order valence-electron chi connectivity index (χ3n) is 13.3. The summed E-state index contributed by atoms with van der Waals surface area (Å²) in [5.74, 6) is -4.92. The summed E-state index contributed by atoms with van der Waals surface area (Å²) in [7, 11) is 0. The number of hydrogen-bond acceptors (Lipinski definition) is 15. The van der Waals surface area contributed by atoms with E-state index in [0.29, 0.717) is 42.5 Å². The van der Waals surface area contributed by atoms with Crippen LogP contribution in [0.5, 0.6) is 11.8 Å². The summed E-state index contributed by atoms with van der Waals surface area (Å²) < 4.78 is 154. The monoisotopic (exact) mass is 1540 g/mol. The molecule has 0 radical (unpaired) electrons. The van der Waals surface area contributed by atoms with E-state index in [2.05, 4.69) is 41.2 Å². The van der Waals surface area contributed by atoms with Crippen LogP contribution in [0.3, 0.4) is 0 Å². The fourth-order valence-corrected chi connectivity index (χ4v) is 10.7. The molecule has 0 bridgehead atoms. The number of H-pyrrole nitrogens is 1. The normalized spacial score (nSPS) is 16.8. The second kappa shape index (κ2) is 35.6. The van der Waals surface area contributed by atoms with Gasteiger partial charge in [0.1, 0.15) is 33.6 Å². The van der Waals surface area contributed by atoms with Crippen LogP contribution in [-0.2, 0) is 29.0 Å². The second-order valence-corrected chi connectivity index (χ2v) is 25.0. The van der Waals surface area contributed by atoms with Crippen molar-refractivity contribution in [2.24, 2.45) is 11.8 Å². The van der Waals surface area contributed by atoms with E-state index < -0.39 is 109 Å². The fourth-order valence-electron chi connectivity index (χ4n) is 8.99. The van der Waals surface area contributed by atoms with Crippen LogP contribution in [0.25, 0.3) is 11.2 Å². The molecule has 2 aliphatic rings. The average molecular weight is 1540 g/mol. The van der Waals surface area contributed by atoms with Crippen molar-refractivity contribution in [3.63, 3.8) is 0 Å². The maximum absolute atomic E-state index is 13.2. The topological polar surface area (TPSA) is 284 Å². The molecule has 0 aliphatic heterocycles. The number of carbonyl (C=O) groups is 4. The molecule has 7 rings (SSSR count). The molecule has 516 valence electrons. The number of ether oxygens (including phenoxy) is 4. The van der Waals surface area contributed by atoms with Gasteiger partial charge >= 0.3 is 52.5 Å². The number of hydrogen-bond donors (Lipinski definition) is 7. The molecule has 4 amide bonds. The Hall–Kier alpha value is -6.08. The number of nitrogens with zero attached hydrogens (tertiary/aromatic N) is 4. The molecule has 0 saturated heterocycles. The number of pyridine rings is 2. The fraction of sp³-hybridized carbons (Fsp3) is 0.517. The first-order valence-corrected chi connectivity index (χ1v) is 32.6. The predicted molar refractivity (Wildman–Crippen MR) is 329 cm³/mol. The van der Waals surface area contributed by atoms with E-state index in [9.17, 15) is 63.1 Å². The van der Waals surface area contributed by atoms with Gasteiger partial charge in [-0.25, -0.2) is 32.1 Å². The average Bonchev–Trinajstić information content (AvgIpc) is 1.59. The van der Waals surface area contributed by atoms with Crippen molar-refractivity contribution in [3.05, 3.63) is 90.1 Å². The number of aromatic nitrogens is 4. The molecule has 0 spiro atoms. The van der Waals surface area contributed by atoms with Crippen LogP contribution in [0.2, 0.25) is 20.1 Å². The number of thioether (sulfide) groups is 1. The van der Waals surface area contributed by atoms with Crippen molar-refractivity contribution in [1.29, 1.82) is 5.86 Å². The zero-order chi connectivity index (χ0) is 70.6. The number of imidazole rings is 1. The van der Waals surface area contributed by atoms with Crippen LogP contribution in [0.15, 0.2) is 41.3 Å². The van der Waals surface area contributed by atoms with Crippen molar-refractivity contribution in [1.82, 2.24) is 41.2 Å². The molecule has 35 heteroatoms. The molecule has 0 atom stereocenters. The van der Waals surface area contributed by atoms with Gasteiger partial charge in [0.25, 0.3) is 24.7 Å². The molecule has 3 aromatic heterocycles. The van der Waals surface area contributed by atoms with E-state index in [-0.39, 0.29) is 132 Å². The van der Waals surface area contributed by atoms with Crippen LogP contribution in [-0.4, -0.2) is 111 Å². The number of alkyl carbamates (subject to hydrolysis) is 2. The van der Waals surface area contributed by atoms with Crippen LogP contribution >= 0.6 is 58.2 Å². The van der Waals surface area contributed by atoms with E-state index in [1.807, 2.05) is 10.3 Å². The number of benzene rings is 2. The predicted octanol–water partition coefficient (Wildman–Crippen LogP) is 11.6.